The molecule has 0 radical (unpaired) electrons. The molecule has 0 unspecified atom stereocenters. The predicted molar refractivity (Wildman–Crippen MR) is 129 cm³/mol. The van der Waals surface area contributed by atoms with Crippen LogP contribution in [0.1, 0.15) is 35.6 Å². The monoisotopic (exact) mass is 487 g/mol. The van der Waals surface area contributed by atoms with E-state index in [-0.39, 0.29) is 24.0 Å². The molecule has 36 heavy (non-hydrogen) atoms. The minimum atomic E-state index is -0.440. The lowest BCUT2D eigenvalue weighted by Gasteiger charge is -2.32. The van der Waals surface area contributed by atoms with Gasteiger partial charge in [0.1, 0.15) is 18.0 Å². The molecule has 1 aliphatic heterocycles. The molecule has 0 aliphatic carbocycles. The number of rotatable bonds is 5. The van der Waals surface area contributed by atoms with Crippen molar-refractivity contribution in [3.05, 3.63) is 83.8 Å². The number of aryl methyl sites for hydroxylation is 1. The van der Waals surface area contributed by atoms with E-state index >= 15 is 4.39 Å². The molecule has 182 valence electrons. The van der Waals surface area contributed by atoms with Gasteiger partial charge in [0.15, 0.2) is 0 Å². The van der Waals surface area contributed by atoms with Crippen molar-refractivity contribution in [3.8, 4) is 5.69 Å². The van der Waals surface area contributed by atoms with Gasteiger partial charge in [0.05, 0.1) is 23.4 Å². The third-order valence-corrected chi connectivity index (χ3v) is 6.69. The molecule has 1 fully saturated rings. The molecule has 0 atom stereocenters. The summed E-state index contributed by atoms with van der Waals surface area (Å²) < 4.78 is 33.1. The lowest BCUT2D eigenvalue weighted by Crippen LogP contribution is -2.34. The first-order valence-electron chi connectivity index (χ1n) is 11.7. The predicted octanol–water partition coefficient (Wildman–Crippen LogP) is 3.82. The molecule has 0 amide bonds. The molecule has 6 rings (SSSR count). The van der Waals surface area contributed by atoms with E-state index in [0.717, 1.165) is 43.0 Å². The zero-order chi connectivity index (χ0) is 24.6. The maximum atomic E-state index is 15.1. The first-order chi connectivity index (χ1) is 17.5. The minimum Gasteiger partial charge on any atom is -0.341 e. The average Bonchev–Trinajstić information content (AvgIpc) is 3.57. The summed E-state index contributed by atoms with van der Waals surface area (Å²) in [4.78, 5) is 15.4. The molecular weight excluding hydrogens is 464 g/mol. The summed E-state index contributed by atoms with van der Waals surface area (Å²) in [6.07, 6.45) is 10.3. The van der Waals surface area contributed by atoms with Crippen molar-refractivity contribution in [1.82, 2.24) is 39.7 Å². The fourth-order valence-electron chi connectivity index (χ4n) is 4.77. The van der Waals surface area contributed by atoms with Crippen molar-refractivity contribution in [2.24, 2.45) is 0 Å². The highest BCUT2D eigenvalue weighted by molar-refractivity contribution is 5.83. The van der Waals surface area contributed by atoms with E-state index in [0.29, 0.717) is 16.6 Å². The zero-order valence-electron chi connectivity index (χ0n) is 19.6. The maximum absolute atomic E-state index is 15.1. The average molecular weight is 488 g/mol. The highest BCUT2D eigenvalue weighted by Crippen LogP contribution is 2.30. The van der Waals surface area contributed by atoms with Crippen LogP contribution in [0.2, 0.25) is 0 Å². The molecule has 0 N–H and O–H groups in total. The van der Waals surface area contributed by atoms with Crippen LogP contribution in [-0.4, -0.2) is 52.8 Å². The molecular formula is C25H23F2N9. The second kappa shape index (κ2) is 9.06. The number of nitrogens with zero attached hydrogens (tertiary/aromatic N) is 9. The summed E-state index contributed by atoms with van der Waals surface area (Å²) in [6, 6.07) is 6.50. The number of benzene rings is 1. The Morgan fingerprint density at radius 2 is 1.78 bits per heavy atom. The molecule has 0 bridgehead atoms. The van der Waals surface area contributed by atoms with Crippen LogP contribution < -0.4 is 4.90 Å². The first-order valence-corrected chi connectivity index (χ1v) is 11.7. The van der Waals surface area contributed by atoms with E-state index < -0.39 is 5.82 Å². The molecule has 1 saturated heterocycles. The Labute approximate surface area is 205 Å². The first kappa shape index (κ1) is 22.2. The van der Waals surface area contributed by atoms with Gasteiger partial charge in [0.2, 0.25) is 5.95 Å². The quantitative estimate of drug-likeness (QED) is 0.372. The minimum absolute atomic E-state index is 0.125. The van der Waals surface area contributed by atoms with Crippen LogP contribution >= 0.6 is 0 Å². The van der Waals surface area contributed by atoms with Gasteiger partial charge in [-0.2, -0.15) is 0 Å². The SMILES string of the molecule is Cc1cnc(N2CCC(c3cnc(Cn4ccc5cc(-n6cnnn6)cc(F)c54)c(F)c3)CC2)nc1. The van der Waals surface area contributed by atoms with Gasteiger partial charge in [-0.25, -0.2) is 23.4 Å². The number of anilines is 1. The van der Waals surface area contributed by atoms with E-state index in [4.69, 9.17) is 0 Å². The zero-order valence-corrected chi connectivity index (χ0v) is 19.6. The number of halogens is 2. The van der Waals surface area contributed by atoms with Crippen molar-refractivity contribution in [1.29, 1.82) is 0 Å². The topological polar surface area (TPSA) is 90.4 Å². The summed E-state index contributed by atoms with van der Waals surface area (Å²) in [5.74, 6) is 0.126. The van der Waals surface area contributed by atoms with Crippen molar-refractivity contribution in [2.75, 3.05) is 18.0 Å². The van der Waals surface area contributed by atoms with Crippen molar-refractivity contribution < 1.29 is 8.78 Å². The highest BCUT2D eigenvalue weighted by atomic mass is 19.1. The van der Waals surface area contributed by atoms with Gasteiger partial charge in [-0.15, -0.1) is 5.10 Å². The van der Waals surface area contributed by atoms with E-state index in [1.807, 2.05) is 19.3 Å². The molecule has 1 aromatic carbocycles. The van der Waals surface area contributed by atoms with Crippen LogP contribution in [0.4, 0.5) is 14.7 Å². The van der Waals surface area contributed by atoms with Gasteiger partial charge in [-0.1, -0.05) is 0 Å². The molecule has 4 aromatic heterocycles. The number of piperidine rings is 1. The standard InChI is InChI=1S/C25H23F2N9/c1-16-11-29-25(30-12-16)34-5-2-17(3-6-34)19-9-21(26)23(28-13-19)14-35-7-4-18-8-20(10-22(27)24(18)35)36-15-31-32-33-36/h4,7-13,15,17H,2-3,5-6,14H2,1H3. The second-order valence-electron chi connectivity index (χ2n) is 9.08. The van der Waals surface area contributed by atoms with Crippen LogP contribution in [0, 0.1) is 18.6 Å². The molecule has 1 aliphatic rings. The van der Waals surface area contributed by atoms with Crippen molar-refractivity contribution >= 4 is 16.9 Å². The van der Waals surface area contributed by atoms with Crippen molar-refractivity contribution in [2.45, 2.75) is 32.2 Å². The maximum Gasteiger partial charge on any atom is 0.225 e. The summed E-state index contributed by atoms with van der Waals surface area (Å²) in [5, 5.41) is 11.6. The Bertz CT molecular complexity index is 1510. The van der Waals surface area contributed by atoms with Crippen LogP contribution in [0.5, 0.6) is 0 Å². The third-order valence-electron chi connectivity index (χ3n) is 6.69. The van der Waals surface area contributed by atoms with Gasteiger partial charge < -0.3 is 9.47 Å². The summed E-state index contributed by atoms with van der Waals surface area (Å²) >= 11 is 0. The smallest absolute Gasteiger partial charge is 0.225 e. The summed E-state index contributed by atoms with van der Waals surface area (Å²) in [7, 11) is 0. The second-order valence-corrected chi connectivity index (χ2v) is 9.08. The van der Waals surface area contributed by atoms with Crippen LogP contribution in [0.15, 0.2) is 55.4 Å². The lowest BCUT2D eigenvalue weighted by atomic mass is 9.90. The van der Waals surface area contributed by atoms with Gasteiger partial charge >= 0.3 is 0 Å². The van der Waals surface area contributed by atoms with Crippen LogP contribution in [0.3, 0.4) is 0 Å². The number of aromatic nitrogens is 8. The van der Waals surface area contributed by atoms with Gasteiger partial charge in [-0.05, 0) is 65.4 Å². The normalized spacial score (nSPS) is 14.6. The number of hydrogen-bond acceptors (Lipinski definition) is 7. The van der Waals surface area contributed by atoms with Crippen LogP contribution in [0.25, 0.3) is 16.6 Å². The van der Waals surface area contributed by atoms with Gasteiger partial charge in [0, 0.05) is 49.3 Å². The fourth-order valence-corrected chi connectivity index (χ4v) is 4.77. The lowest BCUT2D eigenvalue weighted by molar-refractivity contribution is 0.492. The van der Waals surface area contributed by atoms with Crippen molar-refractivity contribution in [3.63, 3.8) is 0 Å². The Hall–Kier alpha value is -4.28. The van der Waals surface area contributed by atoms with E-state index in [2.05, 4.69) is 35.4 Å². The number of pyridine rings is 1. The summed E-state index contributed by atoms with van der Waals surface area (Å²) in [5.41, 5.74) is 3.07. The van der Waals surface area contributed by atoms with E-state index in [1.54, 1.807) is 35.2 Å². The van der Waals surface area contributed by atoms with Gasteiger partial charge in [0.25, 0.3) is 0 Å². The Balaban J connectivity index is 1.17. The molecule has 0 spiro atoms. The largest absolute Gasteiger partial charge is 0.341 e. The molecule has 0 saturated carbocycles. The van der Waals surface area contributed by atoms with Gasteiger partial charge in [-0.3, -0.25) is 4.98 Å². The fraction of sp³-hybridized carbons (Fsp3) is 0.280. The summed E-state index contributed by atoms with van der Waals surface area (Å²) in [6.45, 7) is 3.70. The van der Waals surface area contributed by atoms with E-state index in [1.165, 1.54) is 17.1 Å². The van der Waals surface area contributed by atoms with E-state index in [9.17, 15) is 4.39 Å². The highest BCUT2D eigenvalue weighted by Gasteiger charge is 2.23. The Morgan fingerprint density at radius 3 is 2.50 bits per heavy atom. The molecule has 5 heterocycles. The molecule has 5 aromatic rings. The Kier molecular flexibility index (Phi) is 5.59. The number of fused-ring (bicyclic) bond motifs is 1. The Morgan fingerprint density at radius 1 is 0.972 bits per heavy atom. The number of tetrazole rings is 1. The molecule has 9 nitrogen and oxygen atoms in total. The van der Waals surface area contributed by atoms with Crippen LogP contribution in [-0.2, 0) is 6.54 Å². The third kappa shape index (κ3) is 4.16. The molecule has 11 heteroatoms. The number of hydrogen-bond donors (Lipinski definition) is 0.